The number of amides is 1. The second kappa shape index (κ2) is 7.20. The summed E-state index contributed by atoms with van der Waals surface area (Å²) in [7, 11) is 0. The highest BCUT2D eigenvalue weighted by molar-refractivity contribution is 5.85. The van der Waals surface area contributed by atoms with Crippen molar-refractivity contribution in [2.75, 3.05) is 13.1 Å². The monoisotopic (exact) mass is 303 g/mol. The van der Waals surface area contributed by atoms with Gasteiger partial charge in [0.15, 0.2) is 0 Å². The van der Waals surface area contributed by atoms with Crippen molar-refractivity contribution in [3.8, 4) is 11.3 Å². The first kappa shape index (κ1) is 15.5. The maximum absolute atomic E-state index is 11.8. The van der Waals surface area contributed by atoms with E-state index in [2.05, 4.69) is 21.7 Å². The van der Waals surface area contributed by atoms with E-state index in [1.54, 1.807) is 6.20 Å². The van der Waals surface area contributed by atoms with E-state index in [4.69, 9.17) is 0 Å². The Morgan fingerprint density at radius 3 is 2.76 bits per heavy atom. The highest BCUT2D eigenvalue weighted by atomic mass is 35.5. The average Bonchev–Trinajstić information content (AvgIpc) is 2.45. The highest BCUT2D eigenvalue weighted by Crippen LogP contribution is 2.17. The zero-order valence-corrected chi connectivity index (χ0v) is 12.4. The number of benzene rings is 1. The van der Waals surface area contributed by atoms with E-state index in [9.17, 15) is 4.79 Å². The van der Waals surface area contributed by atoms with E-state index in [-0.39, 0.29) is 24.2 Å². The maximum Gasteiger partial charge on any atom is 0.225 e. The molecule has 0 atom stereocenters. The lowest BCUT2D eigenvalue weighted by Crippen LogP contribution is -2.50. The zero-order valence-electron chi connectivity index (χ0n) is 11.6. The Hall–Kier alpha value is -1.91. The Bertz CT molecular complexity index is 599. The quantitative estimate of drug-likeness (QED) is 0.908. The fourth-order valence-corrected chi connectivity index (χ4v) is 2.18. The van der Waals surface area contributed by atoms with Crippen molar-refractivity contribution in [3.05, 3.63) is 54.2 Å². The maximum atomic E-state index is 11.8. The number of rotatable bonds is 4. The van der Waals surface area contributed by atoms with Crippen LogP contribution in [-0.4, -0.2) is 24.0 Å². The molecule has 0 bridgehead atoms. The van der Waals surface area contributed by atoms with Crippen LogP contribution in [-0.2, 0) is 11.3 Å². The minimum atomic E-state index is 0. The lowest BCUT2D eigenvalue weighted by Gasteiger charge is -2.25. The third-order valence-electron chi connectivity index (χ3n) is 3.51. The minimum absolute atomic E-state index is 0. The molecule has 2 heterocycles. The summed E-state index contributed by atoms with van der Waals surface area (Å²) in [6.45, 7) is 2.15. The van der Waals surface area contributed by atoms with Gasteiger partial charge in [0, 0.05) is 31.4 Å². The van der Waals surface area contributed by atoms with Crippen LogP contribution in [0.25, 0.3) is 11.3 Å². The van der Waals surface area contributed by atoms with E-state index in [1.807, 2.05) is 36.4 Å². The van der Waals surface area contributed by atoms with Crippen LogP contribution >= 0.6 is 12.4 Å². The van der Waals surface area contributed by atoms with Gasteiger partial charge in [0.05, 0.1) is 11.6 Å². The summed E-state index contributed by atoms with van der Waals surface area (Å²) in [5, 5.41) is 6.08. The van der Waals surface area contributed by atoms with Crippen LogP contribution in [0.4, 0.5) is 0 Å². The van der Waals surface area contributed by atoms with Crippen LogP contribution in [0.3, 0.4) is 0 Å². The molecule has 0 saturated carbocycles. The van der Waals surface area contributed by atoms with Crippen LogP contribution in [0.5, 0.6) is 0 Å². The number of hydrogen-bond donors (Lipinski definition) is 2. The van der Waals surface area contributed by atoms with E-state index in [0.29, 0.717) is 6.54 Å². The van der Waals surface area contributed by atoms with Crippen LogP contribution in [0, 0.1) is 5.92 Å². The Kier molecular flexibility index (Phi) is 5.31. The number of aromatic nitrogens is 1. The van der Waals surface area contributed by atoms with E-state index in [1.165, 1.54) is 0 Å². The highest BCUT2D eigenvalue weighted by Gasteiger charge is 2.24. The van der Waals surface area contributed by atoms with Gasteiger partial charge in [-0.2, -0.15) is 0 Å². The van der Waals surface area contributed by atoms with Gasteiger partial charge in [-0.1, -0.05) is 24.3 Å². The topological polar surface area (TPSA) is 54.0 Å². The third-order valence-corrected chi connectivity index (χ3v) is 3.51. The first-order valence-electron chi connectivity index (χ1n) is 6.82. The second-order valence-electron chi connectivity index (χ2n) is 4.99. The van der Waals surface area contributed by atoms with Crippen LogP contribution in [0.15, 0.2) is 48.7 Å². The number of carbonyl (C=O) groups is 1. The Morgan fingerprint density at radius 1 is 1.24 bits per heavy atom. The standard InChI is InChI=1S/C16H17N3O.ClH/c20-16(14-10-17-11-14)19-9-12-4-3-5-13(8-12)15-6-1-2-7-18-15;/h1-8,14,17H,9-11H2,(H,19,20);1H. The van der Waals surface area contributed by atoms with Gasteiger partial charge in [0.2, 0.25) is 5.91 Å². The van der Waals surface area contributed by atoms with Crippen molar-refractivity contribution in [1.29, 1.82) is 0 Å². The van der Waals surface area contributed by atoms with Gasteiger partial charge in [0.25, 0.3) is 0 Å². The van der Waals surface area contributed by atoms with Gasteiger partial charge in [-0.05, 0) is 23.8 Å². The van der Waals surface area contributed by atoms with Crippen LogP contribution < -0.4 is 10.6 Å². The van der Waals surface area contributed by atoms with Gasteiger partial charge in [-0.3, -0.25) is 9.78 Å². The summed E-state index contributed by atoms with van der Waals surface area (Å²) >= 11 is 0. The van der Waals surface area contributed by atoms with Crippen molar-refractivity contribution in [2.45, 2.75) is 6.54 Å². The van der Waals surface area contributed by atoms with Crippen molar-refractivity contribution in [1.82, 2.24) is 15.6 Å². The third kappa shape index (κ3) is 3.80. The first-order valence-corrected chi connectivity index (χ1v) is 6.82. The van der Waals surface area contributed by atoms with E-state index >= 15 is 0 Å². The molecule has 1 aliphatic rings. The van der Waals surface area contributed by atoms with Crippen molar-refractivity contribution < 1.29 is 4.79 Å². The van der Waals surface area contributed by atoms with E-state index < -0.39 is 0 Å². The molecule has 5 heteroatoms. The summed E-state index contributed by atoms with van der Waals surface area (Å²) < 4.78 is 0. The Labute approximate surface area is 130 Å². The molecule has 110 valence electrons. The first-order chi connectivity index (χ1) is 9.83. The summed E-state index contributed by atoms with van der Waals surface area (Å²) in [5.74, 6) is 0.265. The van der Waals surface area contributed by atoms with Crippen LogP contribution in [0.2, 0.25) is 0 Å². The van der Waals surface area contributed by atoms with Crippen LogP contribution in [0.1, 0.15) is 5.56 Å². The fourth-order valence-electron chi connectivity index (χ4n) is 2.18. The molecular weight excluding hydrogens is 286 g/mol. The summed E-state index contributed by atoms with van der Waals surface area (Å²) in [4.78, 5) is 16.1. The molecule has 0 radical (unpaired) electrons. The molecule has 2 N–H and O–H groups in total. The van der Waals surface area contributed by atoms with Gasteiger partial charge < -0.3 is 10.6 Å². The number of halogens is 1. The number of carbonyl (C=O) groups excluding carboxylic acids is 1. The predicted octanol–water partition coefficient (Wildman–Crippen LogP) is 2.01. The molecule has 4 nitrogen and oxygen atoms in total. The minimum Gasteiger partial charge on any atom is -0.352 e. The summed E-state index contributed by atoms with van der Waals surface area (Å²) in [6, 6.07) is 14.0. The molecule has 21 heavy (non-hydrogen) atoms. The van der Waals surface area contributed by atoms with Gasteiger partial charge >= 0.3 is 0 Å². The molecule has 0 unspecified atom stereocenters. The number of hydrogen-bond acceptors (Lipinski definition) is 3. The van der Waals surface area contributed by atoms with Gasteiger partial charge in [0.1, 0.15) is 0 Å². The molecule has 1 aliphatic heterocycles. The van der Waals surface area contributed by atoms with Crippen molar-refractivity contribution >= 4 is 18.3 Å². The fraction of sp³-hybridized carbons (Fsp3) is 0.250. The molecule has 1 saturated heterocycles. The molecule has 3 rings (SSSR count). The summed E-state index contributed by atoms with van der Waals surface area (Å²) in [6.07, 6.45) is 1.79. The van der Waals surface area contributed by atoms with Crippen molar-refractivity contribution in [2.24, 2.45) is 5.92 Å². The molecule has 1 amide bonds. The molecular formula is C16H18ClN3O. The normalized spacial score (nSPS) is 13.9. The Morgan fingerprint density at radius 2 is 2.10 bits per heavy atom. The summed E-state index contributed by atoms with van der Waals surface area (Å²) in [5.41, 5.74) is 3.11. The molecule has 1 aromatic carbocycles. The molecule has 1 aromatic heterocycles. The van der Waals surface area contributed by atoms with Gasteiger partial charge in [-0.15, -0.1) is 12.4 Å². The predicted molar refractivity (Wildman–Crippen MR) is 85.1 cm³/mol. The number of nitrogens with one attached hydrogen (secondary N) is 2. The molecule has 0 aliphatic carbocycles. The lowest BCUT2D eigenvalue weighted by atomic mass is 10.0. The lowest BCUT2D eigenvalue weighted by molar-refractivity contribution is -0.126. The Balaban J connectivity index is 0.00000161. The van der Waals surface area contributed by atoms with E-state index in [0.717, 1.165) is 29.9 Å². The number of pyridine rings is 1. The smallest absolute Gasteiger partial charge is 0.225 e. The SMILES string of the molecule is Cl.O=C(NCc1cccc(-c2ccccn2)c1)C1CNC1. The average molecular weight is 304 g/mol. The zero-order chi connectivity index (χ0) is 13.8. The molecule has 1 fully saturated rings. The molecule has 0 spiro atoms. The largest absolute Gasteiger partial charge is 0.352 e. The second-order valence-corrected chi connectivity index (χ2v) is 4.99. The molecule has 2 aromatic rings. The van der Waals surface area contributed by atoms with Gasteiger partial charge in [-0.25, -0.2) is 0 Å². The number of nitrogens with zero attached hydrogens (tertiary/aromatic N) is 1. The van der Waals surface area contributed by atoms with Crippen molar-refractivity contribution in [3.63, 3.8) is 0 Å².